The number of halogens is 1. The number of nitrogens with one attached hydrogen (secondary N) is 1. The molecule has 1 atom stereocenters. The molecule has 104 valence electrons. The molecule has 0 radical (unpaired) electrons. The van der Waals surface area contributed by atoms with E-state index < -0.39 is 5.82 Å². The molecular formula is C15H21FN2O. The molecule has 1 aliphatic rings. The van der Waals surface area contributed by atoms with Gasteiger partial charge in [0, 0.05) is 11.7 Å². The van der Waals surface area contributed by atoms with Gasteiger partial charge in [-0.3, -0.25) is 4.79 Å². The number of benzene rings is 1. The highest BCUT2D eigenvalue weighted by Gasteiger charge is 2.33. The summed E-state index contributed by atoms with van der Waals surface area (Å²) in [4.78, 5) is 12.2. The summed E-state index contributed by atoms with van der Waals surface area (Å²) >= 11 is 0. The zero-order chi connectivity index (χ0) is 14.0. The highest BCUT2D eigenvalue weighted by Crippen LogP contribution is 2.35. The normalized spacial score (nSPS) is 21.9. The van der Waals surface area contributed by atoms with E-state index in [0.29, 0.717) is 5.69 Å². The number of rotatable bonds is 2. The SMILES string of the molecule is CC1(C)CCCCC1NC(=O)c1cc(N)ccc1F. The molecule has 3 N–H and O–H groups in total. The fraction of sp³-hybridized carbons (Fsp3) is 0.533. The maximum absolute atomic E-state index is 13.7. The Kier molecular flexibility index (Phi) is 3.78. The van der Waals surface area contributed by atoms with Crippen LogP contribution in [0.2, 0.25) is 0 Å². The van der Waals surface area contributed by atoms with E-state index in [-0.39, 0.29) is 22.9 Å². The molecule has 1 aromatic rings. The lowest BCUT2D eigenvalue weighted by molar-refractivity contribution is 0.0849. The zero-order valence-corrected chi connectivity index (χ0v) is 11.5. The van der Waals surface area contributed by atoms with Crippen molar-refractivity contribution >= 4 is 11.6 Å². The highest BCUT2D eigenvalue weighted by molar-refractivity contribution is 5.95. The quantitative estimate of drug-likeness (QED) is 0.806. The fourth-order valence-corrected chi connectivity index (χ4v) is 2.71. The van der Waals surface area contributed by atoms with Crippen LogP contribution in [0, 0.1) is 11.2 Å². The first-order chi connectivity index (χ1) is 8.90. The number of anilines is 1. The molecule has 2 rings (SSSR count). The van der Waals surface area contributed by atoms with Crippen LogP contribution in [-0.2, 0) is 0 Å². The van der Waals surface area contributed by atoms with Gasteiger partial charge in [0.2, 0.25) is 0 Å². The van der Waals surface area contributed by atoms with Gasteiger partial charge < -0.3 is 11.1 Å². The van der Waals surface area contributed by atoms with Gasteiger partial charge in [0.1, 0.15) is 5.82 Å². The number of hydrogen-bond donors (Lipinski definition) is 2. The summed E-state index contributed by atoms with van der Waals surface area (Å²) in [5.74, 6) is -0.898. The smallest absolute Gasteiger partial charge is 0.254 e. The van der Waals surface area contributed by atoms with E-state index in [4.69, 9.17) is 5.73 Å². The summed E-state index contributed by atoms with van der Waals surface area (Å²) < 4.78 is 13.7. The number of nitrogens with two attached hydrogens (primary N) is 1. The van der Waals surface area contributed by atoms with Crippen molar-refractivity contribution in [3.63, 3.8) is 0 Å². The molecule has 1 unspecified atom stereocenters. The van der Waals surface area contributed by atoms with Crippen LogP contribution >= 0.6 is 0 Å². The first-order valence-electron chi connectivity index (χ1n) is 6.76. The van der Waals surface area contributed by atoms with Crippen molar-refractivity contribution in [2.75, 3.05) is 5.73 Å². The van der Waals surface area contributed by atoms with Gasteiger partial charge in [-0.05, 0) is 36.5 Å². The summed E-state index contributed by atoms with van der Waals surface area (Å²) in [6, 6.07) is 4.17. The average molecular weight is 264 g/mol. The van der Waals surface area contributed by atoms with Gasteiger partial charge in [-0.2, -0.15) is 0 Å². The molecule has 0 aliphatic heterocycles. The van der Waals surface area contributed by atoms with E-state index in [1.807, 2.05) is 0 Å². The van der Waals surface area contributed by atoms with Gasteiger partial charge in [0.05, 0.1) is 5.56 Å². The Bertz CT molecular complexity index is 485. The maximum Gasteiger partial charge on any atom is 0.254 e. The monoisotopic (exact) mass is 264 g/mol. The molecule has 4 heteroatoms. The largest absolute Gasteiger partial charge is 0.399 e. The van der Waals surface area contributed by atoms with Crippen LogP contribution in [0.15, 0.2) is 18.2 Å². The van der Waals surface area contributed by atoms with Crippen molar-refractivity contribution in [2.45, 2.75) is 45.6 Å². The minimum atomic E-state index is -0.527. The second-order valence-corrected chi connectivity index (χ2v) is 6.00. The Morgan fingerprint density at radius 3 is 2.84 bits per heavy atom. The van der Waals surface area contributed by atoms with Crippen LogP contribution in [0.25, 0.3) is 0 Å². The van der Waals surface area contributed by atoms with Crippen molar-refractivity contribution in [1.29, 1.82) is 0 Å². The molecule has 0 saturated heterocycles. The molecule has 1 saturated carbocycles. The second kappa shape index (κ2) is 5.19. The van der Waals surface area contributed by atoms with Crippen molar-refractivity contribution in [3.8, 4) is 0 Å². The molecule has 3 nitrogen and oxygen atoms in total. The van der Waals surface area contributed by atoms with Gasteiger partial charge in [-0.25, -0.2) is 4.39 Å². The van der Waals surface area contributed by atoms with Crippen LogP contribution in [0.5, 0.6) is 0 Å². The standard InChI is InChI=1S/C15H21FN2O/c1-15(2)8-4-3-5-13(15)18-14(19)11-9-10(17)6-7-12(11)16/h6-7,9,13H,3-5,8,17H2,1-2H3,(H,18,19). The summed E-state index contributed by atoms with van der Waals surface area (Å²) in [5.41, 5.74) is 6.09. The number of carbonyl (C=O) groups excluding carboxylic acids is 1. The van der Waals surface area contributed by atoms with Gasteiger partial charge in [0.15, 0.2) is 0 Å². The fourth-order valence-electron chi connectivity index (χ4n) is 2.71. The Morgan fingerprint density at radius 1 is 1.42 bits per heavy atom. The number of carbonyl (C=O) groups is 1. The minimum Gasteiger partial charge on any atom is -0.399 e. The van der Waals surface area contributed by atoms with E-state index in [0.717, 1.165) is 19.3 Å². The Morgan fingerprint density at radius 2 is 2.16 bits per heavy atom. The lowest BCUT2D eigenvalue weighted by atomic mass is 9.73. The topological polar surface area (TPSA) is 55.1 Å². The molecule has 0 bridgehead atoms. The summed E-state index contributed by atoms with van der Waals surface area (Å²) in [7, 11) is 0. The Hall–Kier alpha value is -1.58. The zero-order valence-electron chi connectivity index (χ0n) is 11.5. The van der Waals surface area contributed by atoms with E-state index in [1.54, 1.807) is 0 Å². The van der Waals surface area contributed by atoms with Crippen LogP contribution in [0.1, 0.15) is 49.9 Å². The third kappa shape index (κ3) is 3.06. The van der Waals surface area contributed by atoms with Gasteiger partial charge in [-0.1, -0.05) is 26.7 Å². The van der Waals surface area contributed by atoms with E-state index in [9.17, 15) is 9.18 Å². The van der Waals surface area contributed by atoms with E-state index in [2.05, 4.69) is 19.2 Å². The third-order valence-corrected chi connectivity index (χ3v) is 4.05. The molecule has 0 aromatic heterocycles. The Labute approximate surface area is 113 Å². The molecule has 0 spiro atoms. The minimum absolute atomic E-state index is 0.0290. The first-order valence-corrected chi connectivity index (χ1v) is 6.76. The lowest BCUT2D eigenvalue weighted by Crippen LogP contribution is -2.47. The molecule has 1 fully saturated rings. The number of nitrogen functional groups attached to an aromatic ring is 1. The van der Waals surface area contributed by atoms with Crippen molar-refractivity contribution in [3.05, 3.63) is 29.6 Å². The van der Waals surface area contributed by atoms with Crippen LogP contribution in [0.3, 0.4) is 0 Å². The van der Waals surface area contributed by atoms with Crippen LogP contribution < -0.4 is 11.1 Å². The van der Waals surface area contributed by atoms with Crippen molar-refractivity contribution in [2.24, 2.45) is 5.41 Å². The second-order valence-electron chi connectivity index (χ2n) is 6.00. The molecule has 1 aliphatic carbocycles. The highest BCUT2D eigenvalue weighted by atomic mass is 19.1. The molecular weight excluding hydrogens is 243 g/mol. The summed E-state index contributed by atoms with van der Waals surface area (Å²) in [6.45, 7) is 4.29. The summed E-state index contributed by atoms with van der Waals surface area (Å²) in [5, 5.41) is 2.96. The van der Waals surface area contributed by atoms with Crippen LogP contribution in [0.4, 0.5) is 10.1 Å². The van der Waals surface area contributed by atoms with Crippen LogP contribution in [-0.4, -0.2) is 11.9 Å². The molecule has 1 aromatic carbocycles. The number of amides is 1. The van der Waals surface area contributed by atoms with Gasteiger partial charge in [0.25, 0.3) is 5.91 Å². The first kappa shape index (κ1) is 13.8. The van der Waals surface area contributed by atoms with Gasteiger partial charge in [-0.15, -0.1) is 0 Å². The predicted octanol–water partition coefficient (Wildman–Crippen LogP) is 3.11. The van der Waals surface area contributed by atoms with Gasteiger partial charge >= 0.3 is 0 Å². The third-order valence-electron chi connectivity index (χ3n) is 4.05. The average Bonchev–Trinajstić information content (AvgIpc) is 2.34. The molecule has 0 heterocycles. The molecule has 19 heavy (non-hydrogen) atoms. The predicted molar refractivity (Wildman–Crippen MR) is 74.3 cm³/mol. The van der Waals surface area contributed by atoms with Crippen molar-refractivity contribution in [1.82, 2.24) is 5.32 Å². The molecule has 1 amide bonds. The number of hydrogen-bond acceptors (Lipinski definition) is 2. The maximum atomic E-state index is 13.7. The van der Waals surface area contributed by atoms with E-state index >= 15 is 0 Å². The van der Waals surface area contributed by atoms with E-state index in [1.165, 1.54) is 24.6 Å². The lowest BCUT2D eigenvalue weighted by Gasteiger charge is -2.39. The Balaban J connectivity index is 2.14. The summed E-state index contributed by atoms with van der Waals surface area (Å²) in [6.07, 6.45) is 4.32. The van der Waals surface area contributed by atoms with Crippen molar-refractivity contribution < 1.29 is 9.18 Å².